The van der Waals surface area contributed by atoms with Gasteiger partial charge in [0.1, 0.15) is 5.82 Å². The van der Waals surface area contributed by atoms with Gasteiger partial charge in [-0.1, -0.05) is 17.3 Å². The molecule has 0 saturated heterocycles. The second kappa shape index (κ2) is 5.46. The molecule has 0 bridgehead atoms. The molecule has 19 heavy (non-hydrogen) atoms. The van der Waals surface area contributed by atoms with Crippen LogP contribution in [0, 0.1) is 5.82 Å². The van der Waals surface area contributed by atoms with Crippen LogP contribution in [0.25, 0.3) is 0 Å². The lowest BCUT2D eigenvalue weighted by Gasteiger charge is -2.17. The van der Waals surface area contributed by atoms with Gasteiger partial charge in [0.25, 0.3) is 0 Å². The predicted molar refractivity (Wildman–Crippen MR) is 66.9 cm³/mol. The van der Waals surface area contributed by atoms with Crippen molar-refractivity contribution >= 4 is 0 Å². The first-order chi connectivity index (χ1) is 8.98. The average Bonchev–Trinajstić information content (AvgIpc) is 2.76. The van der Waals surface area contributed by atoms with Crippen LogP contribution in [0.4, 0.5) is 4.39 Å². The Bertz CT molecular complexity index is 554. The highest BCUT2D eigenvalue weighted by Gasteiger charge is 2.22. The smallest absolute Gasteiger partial charge is 0.229 e. The molecule has 3 N–H and O–H groups in total. The summed E-state index contributed by atoms with van der Waals surface area (Å²) in [5.41, 5.74) is 5.11. The largest absolute Gasteiger partial charge is 0.388 e. The maximum absolute atomic E-state index is 13.0. The van der Waals surface area contributed by atoms with E-state index in [-0.39, 0.29) is 18.8 Å². The summed E-state index contributed by atoms with van der Waals surface area (Å²) in [6.07, 6.45) is 0.575. The Balaban J connectivity index is 2.05. The van der Waals surface area contributed by atoms with Crippen LogP contribution in [0.2, 0.25) is 0 Å². The van der Waals surface area contributed by atoms with Crippen LogP contribution in [0.15, 0.2) is 28.8 Å². The van der Waals surface area contributed by atoms with E-state index in [1.54, 1.807) is 19.1 Å². The quantitative estimate of drug-likeness (QED) is 0.844. The van der Waals surface area contributed by atoms with Gasteiger partial charge < -0.3 is 15.4 Å². The number of hydrogen-bond acceptors (Lipinski definition) is 5. The first-order valence-electron chi connectivity index (χ1n) is 5.97. The Morgan fingerprint density at radius 3 is 2.95 bits per heavy atom. The van der Waals surface area contributed by atoms with Crippen LogP contribution in [-0.2, 0) is 12.8 Å². The van der Waals surface area contributed by atoms with Crippen molar-refractivity contribution in [1.29, 1.82) is 0 Å². The molecular formula is C13H16FN3O2. The molecule has 1 aromatic carbocycles. The molecule has 0 spiro atoms. The van der Waals surface area contributed by atoms with E-state index in [1.165, 1.54) is 12.1 Å². The normalized spacial score (nSPS) is 14.3. The molecule has 102 valence electrons. The third kappa shape index (κ3) is 3.84. The molecule has 0 saturated carbocycles. The highest BCUT2D eigenvalue weighted by molar-refractivity contribution is 5.19. The van der Waals surface area contributed by atoms with Crippen LogP contribution in [-0.4, -0.2) is 27.4 Å². The van der Waals surface area contributed by atoms with E-state index >= 15 is 0 Å². The summed E-state index contributed by atoms with van der Waals surface area (Å²) in [6, 6.07) is 6.22. The van der Waals surface area contributed by atoms with E-state index in [4.69, 9.17) is 10.3 Å². The molecule has 0 amide bonds. The number of nitrogens with two attached hydrogens (primary N) is 1. The number of hydrogen-bond donors (Lipinski definition) is 2. The Morgan fingerprint density at radius 1 is 1.47 bits per heavy atom. The number of benzene rings is 1. The van der Waals surface area contributed by atoms with Crippen molar-refractivity contribution in [3.05, 3.63) is 47.4 Å². The molecule has 0 aliphatic rings. The van der Waals surface area contributed by atoms with Crippen molar-refractivity contribution in [3.8, 4) is 0 Å². The van der Waals surface area contributed by atoms with Gasteiger partial charge >= 0.3 is 0 Å². The molecule has 1 aromatic heterocycles. The average molecular weight is 265 g/mol. The van der Waals surface area contributed by atoms with Crippen molar-refractivity contribution in [2.24, 2.45) is 5.73 Å². The molecule has 1 unspecified atom stereocenters. The van der Waals surface area contributed by atoms with Crippen LogP contribution < -0.4 is 5.73 Å². The Labute approximate surface area is 110 Å². The number of aromatic nitrogens is 2. The molecule has 0 aliphatic heterocycles. The second-order valence-corrected chi connectivity index (χ2v) is 4.79. The zero-order valence-corrected chi connectivity index (χ0v) is 10.6. The molecule has 6 heteroatoms. The summed E-state index contributed by atoms with van der Waals surface area (Å²) >= 11 is 0. The van der Waals surface area contributed by atoms with Gasteiger partial charge in [0.15, 0.2) is 5.82 Å². The van der Waals surface area contributed by atoms with Crippen molar-refractivity contribution in [2.75, 3.05) is 6.54 Å². The molecule has 0 fully saturated rings. The minimum absolute atomic E-state index is 0.106. The van der Waals surface area contributed by atoms with Crippen molar-refractivity contribution in [2.45, 2.75) is 25.4 Å². The fourth-order valence-electron chi connectivity index (χ4n) is 1.66. The Morgan fingerprint density at radius 2 is 2.26 bits per heavy atom. The summed E-state index contributed by atoms with van der Waals surface area (Å²) in [4.78, 5) is 4.15. The van der Waals surface area contributed by atoms with E-state index in [2.05, 4.69) is 10.1 Å². The highest BCUT2D eigenvalue weighted by Crippen LogP contribution is 2.12. The van der Waals surface area contributed by atoms with Crippen LogP contribution in [0.3, 0.4) is 0 Å². The number of aliphatic hydroxyl groups is 1. The Hall–Kier alpha value is -1.79. The van der Waals surface area contributed by atoms with Crippen molar-refractivity contribution < 1.29 is 14.0 Å². The Kier molecular flexibility index (Phi) is 3.92. The zero-order chi connectivity index (χ0) is 13.9. The first-order valence-corrected chi connectivity index (χ1v) is 5.97. The lowest BCUT2D eigenvalue weighted by atomic mass is 10.0. The minimum atomic E-state index is -1.07. The molecule has 2 rings (SSSR count). The van der Waals surface area contributed by atoms with Crippen molar-refractivity contribution in [1.82, 2.24) is 10.1 Å². The van der Waals surface area contributed by atoms with Gasteiger partial charge in [0.05, 0.1) is 12.0 Å². The van der Waals surface area contributed by atoms with Gasteiger partial charge in [0.2, 0.25) is 5.89 Å². The maximum Gasteiger partial charge on any atom is 0.229 e. The molecule has 5 nitrogen and oxygen atoms in total. The van der Waals surface area contributed by atoms with E-state index in [9.17, 15) is 9.50 Å². The summed E-state index contributed by atoms with van der Waals surface area (Å²) in [5.74, 6) is 0.475. The molecule has 0 aliphatic carbocycles. The number of rotatable bonds is 5. The molecule has 0 radical (unpaired) electrons. The van der Waals surface area contributed by atoms with Crippen LogP contribution in [0.5, 0.6) is 0 Å². The SMILES string of the molecule is CC(O)(CN)Cc1nc(Cc2cccc(F)c2)no1. The molecule has 1 heterocycles. The van der Waals surface area contributed by atoms with Crippen LogP contribution in [0.1, 0.15) is 24.2 Å². The van der Waals surface area contributed by atoms with Crippen molar-refractivity contribution in [3.63, 3.8) is 0 Å². The van der Waals surface area contributed by atoms with E-state index in [1.807, 2.05) is 0 Å². The highest BCUT2D eigenvalue weighted by atomic mass is 19.1. The molecular weight excluding hydrogens is 249 g/mol. The third-order valence-corrected chi connectivity index (χ3v) is 2.73. The van der Waals surface area contributed by atoms with Gasteiger partial charge in [0, 0.05) is 13.0 Å². The van der Waals surface area contributed by atoms with Crippen LogP contribution >= 0.6 is 0 Å². The molecule has 1 atom stereocenters. The van der Waals surface area contributed by atoms with E-state index in [0.717, 1.165) is 5.56 Å². The first kappa shape index (κ1) is 13.6. The van der Waals surface area contributed by atoms with E-state index in [0.29, 0.717) is 18.1 Å². The fourth-order valence-corrected chi connectivity index (χ4v) is 1.66. The zero-order valence-electron chi connectivity index (χ0n) is 10.6. The molecule has 2 aromatic rings. The lowest BCUT2D eigenvalue weighted by Crippen LogP contribution is -2.36. The second-order valence-electron chi connectivity index (χ2n) is 4.79. The maximum atomic E-state index is 13.0. The summed E-state index contributed by atoms with van der Waals surface area (Å²) in [5, 5.41) is 13.6. The monoisotopic (exact) mass is 265 g/mol. The lowest BCUT2D eigenvalue weighted by molar-refractivity contribution is 0.0610. The summed E-state index contributed by atoms with van der Waals surface area (Å²) < 4.78 is 18.1. The third-order valence-electron chi connectivity index (χ3n) is 2.73. The summed E-state index contributed by atoms with van der Waals surface area (Å²) in [7, 11) is 0. The van der Waals surface area contributed by atoms with E-state index < -0.39 is 5.60 Å². The summed E-state index contributed by atoms with van der Waals surface area (Å²) in [6.45, 7) is 1.71. The van der Waals surface area contributed by atoms with Gasteiger partial charge in [-0.3, -0.25) is 0 Å². The number of halogens is 1. The fraction of sp³-hybridized carbons (Fsp3) is 0.385. The minimum Gasteiger partial charge on any atom is -0.388 e. The van der Waals surface area contributed by atoms with Gasteiger partial charge in [-0.25, -0.2) is 4.39 Å². The van der Waals surface area contributed by atoms with Gasteiger partial charge in [-0.05, 0) is 24.6 Å². The number of nitrogens with zero attached hydrogens (tertiary/aromatic N) is 2. The van der Waals surface area contributed by atoms with Gasteiger partial charge in [-0.2, -0.15) is 4.98 Å². The topological polar surface area (TPSA) is 85.2 Å². The predicted octanol–water partition coefficient (Wildman–Crippen LogP) is 1.05. The van der Waals surface area contributed by atoms with Gasteiger partial charge in [-0.15, -0.1) is 0 Å². The standard InChI is InChI=1S/C13H16FN3O2/c1-13(18,8-15)7-12-16-11(17-19-12)6-9-3-2-4-10(14)5-9/h2-5,18H,6-8,15H2,1H3.